The van der Waals surface area contributed by atoms with Crippen LogP contribution in [0.5, 0.6) is 0 Å². The lowest BCUT2D eigenvalue weighted by Gasteiger charge is -2.22. The molecule has 1 heterocycles. The number of carboxylic acids is 1. The normalized spacial score (nSPS) is 11.6. The van der Waals surface area contributed by atoms with Crippen molar-refractivity contribution in [2.45, 2.75) is 32.4 Å². The average Bonchev–Trinajstić information content (AvgIpc) is 2.72. The molecule has 0 aromatic carbocycles. The van der Waals surface area contributed by atoms with Gasteiger partial charge in [0.05, 0.1) is 12.1 Å². The molecule has 0 aliphatic heterocycles. The van der Waals surface area contributed by atoms with Gasteiger partial charge in [-0.2, -0.15) is 13.2 Å². The molecule has 19 heavy (non-hydrogen) atoms. The molecule has 0 saturated heterocycles. The monoisotopic (exact) mass is 296 g/mol. The predicted molar refractivity (Wildman–Crippen MR) is 66.6 cm³/mol. The standard InChI is InChI=1S/C11H15F3N2O2S/c1-2-5-16(7-11(12,13)14)10-15-8(6-19-10)3-4-9(17)18/h6H,2-5,7H2,1H3,(H,17,18). The van der Waals surface area contributed by atoms with Gasteiger partial charge in [0, 0.05) is 18.3 Å². The van der Waals surface area contributed by atoms with E-state index < -0.39 is 18.7 Å². The van der Waals surface area contributed by atoms with E-state index in [2.05, 4.69) is 4.98 Å². The van der Waals surface area contributed by atoms with Crippen molar-refractivity contribution in [3.05, 3.63) is 11.1 Å². The summed E-state index contributed by atoms with van der Waals surface area (Å²) in [6, 6.07) is 0. The number of aromatic nitrogens is 1. The second kappa shape index (κ2) is 6.74. The van der Waals surface area contributed by atoms with Crippen molar-refractivity contribution in [3.63, 3.8) is 0 Å². The van der Waals surface area contributed by atoms with E-state index in [1.54, 1.807) is 12.3 Å². The van der Waals surface area contributed by atoms with Crippen LogP contribution in [0.3, 0.4) is 0 Å². The van der Waals surface area contributed by atoms with E-state index in [0.717, 1.165) is 11.3 Å². The highest BCUT2D eigenvalue weighted by Gasteiger charge is 2.31. The van der Waals surface area contributed by atoms with Crippen molar-refractivity contribution >= 4 is 22.4 Å². The van der Waals surface area contributed by atoms with Crippen LogP contribution in [0.1, 0.15) is 25.5 Å². The zero-order valence-corrected chi connectivity index (χ0v) is 11.2. The number of carboxylic acid groups (broad SMARTS) is 1. The maximum absolute atomic E-state index is 12.4. The Balaban J connectivity index is 2.71. The molecule has 0 bridgehead atoms. The SMILES string of the molecule is CCCN(CC(F)(F)F)c1nc(CCC(=O)O)cs1. The third-order valence-corrected chi connectivity index (χ3v) is 3.22. The number of anilines is 1. The molecule has 0 radical (unpaired) electrons. The van der Waals surface area contributed by atoms with Gasteiger partial charge in [0.1, 0.15) is 6.54 Å². The van der Waals surface area contributed by atoms with Crippen molar-refractivity contribution in [2.24, 2.45) is 0 Å². The number of rotatable bonds is 7. The molecular weight excluding hydrogens is 281 g/mol. The van der Waals surface area contributed by atoms with Gasteiger partial charge in [0.15, 0.2) is 5.13 Å². The first-order valence-electron chi connectivity index (χ1n) is 5.79. The first-order chi connectivity index (χ1) is 8.81. The molecule has 1 aromatic rings. The summed E-state index contributed by atoms with van der Waals surface area (Å²) in [6.45, 7) is 1.03. The Morgan fingerprint density at radius 2 is 2.21 bits per heavy atom. The van der Waals surface area contributed by atoms with Crippen LogP contribution < -0.4 is 4.90 Å². The quantitative estimate of drug-likeness (QED) is 0.840. The van der Waals surface area contributed by atoms with Crippen LogP contribution in [-0.2, 0) is 11.2 Å². The Labute approximate surface area is 112 Å². The molecule has 0 saturated carbocycles. The number of carbonyl (C=O) groups is 1. The van der Waals surface area contributed by atoms with E-state index >= 15 is 0 Å². The van der Waals surface area contributed by atoms with Gasteiger partial charge in [-0.15, -0.1) is 11.3 Å². The van der Waals surface area contributed by atoms with E-state index in [0.29, 0.717) is 17.2 Å². The fraction of sp³-hybridized carbons (Fsp3) is 0.636. The first kappa shape index (κ1) is 15.7. The van der Waals surface area contributed by atoms with Crippen LogP contribution in [0.2, 0.25) is 0 Å². The second-order valence-corrected chi connectivity index (χ2v) is 4.89. The molecule has 1 N–H and O–H groups in total. The molecule has 1 rings (SSSR count). The van der Waals surface area contributed by atoms with E-state index in [9.17, 15) is 18.0 Å². The van der Waals surface area contributed by atoms with Gasteiger partial charge in [-0.3, -0.25) is 4.79 Å². The number of hydrogen-bond donors (Lipinski definition) is 1. The van der Waals surface area contributed by atoms with Gasteiger partial charge in [0.25, 0.3) is 0 Å². The summed E-state index contributed by atoms with van der Waals surface area (Å²) < 4.78 is 37.3. The van der Waals surface area contributed by atoms with E-state index in [-0.39, 0.29) is 19.4 Å². The van der Waals surface area contributed by atoms with Crippen molar-refractivity contribution in [2.75, 3.05) is 18.0 Å². The van der Waals surface area contributed by atoms with Crippen molar-refractivity contribution in [1.29, 1.82) is 0 Å². The average molecular weight is 296 g/mol. The number of alkyl halides is 3. The van der Waals surface area contributed by atoms with E-state index in [1.165, 1.54) is 4.90 Å². The number of aliphatic carboxylic acids is 1. The molecule has 0 aliphatic rings. The van der Waals surface area contributed by atoms with Crippen LogP contribution in [-0.4, -0.2) is 35.3 Å². The summed E-state index contributed by atoms with van der Waals surface area (Å²) in [6.07, 6.45) is -3.53. The Morgan fingerprint density at radius 3 is 2.74 bits per heavy atom. The van der Waals surface area contributed by atoms with Gasteiger partial charge in [0.2, 0.25) is 0 Å². The zero-order valence-electron chi connectivity index (χ0n) is 10.4. The lowest BCUT2D eigenvalue weighted by molar-refractivity contribution is -0.137. The smallest absolute Gasteiger partial charge is 0.406 e. The van der Waals surface area contributed by atoms with Gasteiger partial charge in [-0.05, 0) is 6.42 Å². The van der Waals surface area contributed by atoms with Gasteiger partial charge >= 0.3 is 12.1 Å². The summed E-state index contributed by atoms with van der Waals surface area (Å²) in [7, 11) is 0. The van der Waals surface area contributed by atoms with Crippen molar-refractivity contribution in [1.82, 2.24) is 4.98 Å². The van der Waals surface area contributed by atoms with Crippen LogP contribution in [0.4, 0.5) is 18.3 Å². The zero-order chi connectivity index (χ0) is 14.5. The number of hydrogen-bond acceptors (Lipinski definition) is 4. The summed E-state index contributed by atoms with van der Waals surface area (Å²) in [5, 5.41) is 10.4. The summed E-state index contributed by atoms with van der Waals surface area (Å²) in [5.41, 5.74) is 0.519. The second-order valence-electron chi connectivity index (χ2n) is 4.05. The van der Waals surface area contributed by atoms with Crippen LogP contribution in [0.15, 0.2) is 5.38 Å². The molecule has 8 heteroatoms. The van der Waals surface area contributed by atoms with Gasteiger partial charge < -0.3 is 10.0 Å². The predicted octanol–water partition coefficient (Wildman–Crippen LogP) is 2.94. The van der Waals surface area contributed by atoms with Crippen molar-refractivity contribution < 1.29 is 23.1 Å². The highest BCUT2D eigenvalue weighted by Crippen LogP contribution is 2.25. The van der Waals surface area contributed by atoms with E-state index in [4.69, 9.17) is 5.11 Å². The highest BCUT2D eigenvalue weighted by atomic mass is 32.1. The molecule has 0 spiro atoms. The maximum Gasteiger partial charge on any atom is 0.406 e. The third-order valence-electron chi connectivity index (χ3n) is 2.27. The maximum atomic E-state index is 12.4. The Bertz CT molecular complexity index is 420. The Morgan fingerprint density at radius 1 is 1.53 bits per heavy atom. The summed E-state index contributed by atoms with van der Waals surface area (Å²) in [4.78, 5) is 15.7. The van der Waals surface area contributed by atoms with Crippen molar-refractivity contribution in [3.8, 4) is 0 Å². The molecule has 1 aromatic heterocycles. The summed E-state index contributed by atoms with van der Waals surface area (Å²) in [5.74, 6) is -0.949. The lowest BCUT2D eigenvalue weighted by Crippen LogP contribution is -2.34. The minimum atomic E-state index is -4.28. The fourth-order valence-corrected chi connectivity index (χ4v) is 2.41. The molecule has 0 atom stereocenters. The molecule has 0 unspecified atom stereocenters. The number of halogens is 3. The van der Waals surface area contributed by atoms with Gasteiger partial charge in [-0.1, -0.05) is 6.92 Å². The van der Waals surface area contributed by atoms with Crippen LogP contribution >= 0.6 is 11.3 Å². The number of aryl methyl sites for hydroxylation is 1. The molecule has 4 nitrogen and oxygen atoms in total. The van der Waals surface area contributed by atoms with Crippen LogP contribution in [0, 0.1) is 0 Å². The Hall–Kier alpha value is -1.31. The fourth-order valence-electron chi connectivity index (χ4n) is 1.52. The Kier molecular flexibility index (Phi) is 5.59. The topological polar surface area (TPSA) is 53.4 Å². The molecular formula is C11H15F3N2O2S. The first-order valence-corrected chi connectivity index (χ1v) is 6.67. The lowest BCUT2D eigenvalue weighted by atomic mass is 10.2. The minimum absolute atomic E-state index is 0.0732. The molecule has 0 fully saturated rings. The third kappa shape index (κ3) is 5.91. The minimum Gasteiger partial charge on any atom is -0.481 e. The number of thiazole rings is 1. The molecule has 0 aliphatic carbocycles. The summed E-state index contributed by atoms with van der Waals surface area (Å²) >= 11 is 1.11. The van der Waals surface area contributed by atoms with Crippen LogP contribution in [0.25, 0.3) is 0 Å². The largest absolute Gasteiger partial charge is 0.481 e. The number of nitrogens with zero attached hydrogens (tertiary/aromatic N) is 2. The molecule has 108 valence electrons. The molecule has 0 amide bonds. The van der Waals surface area contributed by atoms with E-state index in [1.807, 2.05) is 0 Å². The van der Waals surface area contributed by atoms with Gasteiger partial charge in [-0.25, -0.2) is 4.98 Å². The highest BCUT2D eigenvalue weighted by molar-refractivity contribution is 7.13.